The van der Waals surface area contributed by atoms with Crippen molar-refractivity contribution >= 4 is 10.1 Å². The van der Waals surface area contributed by atoms with Crippen LogP contribution in [0.25, 0.3) is 0 Å². The highest BCUT2D eigenvalue weighted by atomic mass is 32.2. The molecule has 1 aromatic rings. The van der Waals surface area contributed by atoms with E-state index in [9.17, 15) is 13.0 Å². The lowest BCUT2D eigenvalue weighted by molar-refractivity contribution is 0.406. The maximum Gasteiger partial charge on any atom is 0.124 e. The molecule has 0 N–H and O–H groups in total. The van der Waals surface area contributed by atoms with Gasteiger partial charge in [0, 0.05) is 6.42 Å². The number of hydrogen-bond acceptors (Lipinski definition) is 4. The molecule has 0 amide bonds. The minimum absolute atomic E-state index is 0.0762. The SMILES string of the molecule is Cc1ccc(S(=O)(=O)[O-])c(CC2CO2)c1. The zero-order chi connectivity index (χ0) is 11.1. The molecule has 82 valence electrons. The maximum absolute atomic E-state index is 11.0. The summed E-state index contributed by atoms with van der Waals surface area (Å²) in [6, 6.07) is 4.73. The molecule has 0 aromatic heterocycles. The van der Waals surface area contributed by atoms with Crippen molar-refractivity contribution in [3.05, 3.63) is 29.3 Å². The van der Waals surface area contributed by atoms with Gasteiger partial charge in [0.1, 0.15) is 10.1 Å². The Balaban J connectivity index is 2.43. The largest absolute Gasteiger partial charge is 0.744 e. The van der Waals surface area contributed by atoms with E-state index >= 15 is 0 Å². The molecule has 0 saturated carbocycles. The topological polar surface area (TPSA) is 69.7 Å². The van der Waals surface area contributed by atoms with Crippen LogP contribution in [0.15, 0.2) is 23.1 Å². The first-order valence-corrected chi connectivity index (χ1v) is 6.04. The van der Waals surface area contributed by atoms with Crippen molar-refractivity contribution in [2.24, 2.45) is 0 Å². The highest BCUT2D eigenvalue weighted by Crippen LogP contribution is 2.23. The summed E-state index contributed by atoms with van der Waals surface area (Å²) in [5.41, 5.74) is 1.51. The van der Waals surface area contributed by atoms with Gasteiger partial charge in [0.15, 0.2) is 0 Å². The van der Waals surface area contributed by atoms with Crippen molar-refractivity contribution in [2.45, 2.75) is 24.3 Å². The van der Waals surface area contributed by atoms with Gasteiger partial charge < -0.3 is 9.29 Å². The predicted octanol–water partition coefficient (Wildman–Crippen LogP) is 0.840. The van der Waals surface area contributed by atoms with Crippen molar-refractivity contribution in [2.75, 3.05) is 6.61 Å². The zero-order valence-electron chi connectivity index (χ0n) is 8.26. The fourth-order valence-electron chi connectivity index (χ4n) is 1.54. The van der Waals surface area contributed by atoms with Gasteiger partial charge in [-0.2, -0.15) is 0 Å². The first kappa shape index (κ1) is 10.6. The Hall–Kier alpha value is -0.910. The van der Waals surface area contributed by atoms with E-state index in [0.717, 1.165) is 5.56 Å². The summed E-state index contributed by atoms with van der Waals surface area (Å²) in [7, 11) is -4.37. The van der Waals surface area contributed by atoms with Crippen LogP contribution in [0, 0.1) is 6.92 Å². The third-order valence-corrected chi connectivity index (χ3v) is 3.27. The van der Waals surface area contributed by atoms with E-state index in [1.54, 1.807) is 12.1 Å². The van der Waals surface area contributed by atoms with Gasteiger partial charge in [-0.25, -0.2) is 8.42 Å². The summed E-state index contributed by atoms with van der Waals surface area (Å²) in [6.45, 7) is 2.50. The Labute approximate surface area is 88.6 Å². The summed E-state index contributed by atoms with van der Waals surface area (Å²) < 4.78 is 37.9. The summed E-state index contributed by atoms with van der Waals surface area (Å²) >= 11 is 0. The van der Waals surface area contributed by atoms with E-state index in [4.69, 9.17) is 4.74 Å². The van der Waals surface area contributed by atoms with Crippen molar-refractivity contribution in [3.63, 3.8) is 0 Å². The molecule has 4 nitrogen and oxygen atoms in total. The Morgan fingerprint density at radius 2 is 2.20 bits per heavy atom. The summed E-state index contributed by atoms with van der Waals surface area (Å²) in [6.07, 6.45) is 0.575. The molecular formula is C10H11O4S-. The Morgan fingerprint density at radius 1 is 1.53 bits per heavy atom. The highest BCUT2D eigenvalue weighted by Gasteiger charge is 2.24. The van der Waals surface area contributed by atoms with Crippen LogP contribution in [0.3, 0.4) is 0 Å². The predicted molar refractivity (Wildman–Crippen MR) is 52.6 cm³/mol. The minimum Gasteiger partial charge on any atom is -0.744 e. The van der Waals surface area contributed by atoms with Crippen LogP contribution in [0.1, 0.15) is 11.1 Å². The van der Waals surface area contributed by atoms with E-state index < -0.39 is 10.1 Å². The third kappa shape index (κ3) is 2.56. The van der Waals surface area contributed by atoms with Crippen LogP contribution in [-0.2, 0) is 21.3 Å². The summed E-state index contributed by atoms with van der Waals surface area (Å²) in [5.74, 6) is 0. The van der Waals surface area contributed by atoms with Gasteiger partial charge in [-0.3, -0.25) is 0 Å². The molecule has 1 unspecified atom stereocenters. The first-order chi connectivity index (χ1) is 6.97. The molecule has 0 spiro atoms. The average Bonchev–Trinajstić information content (AvgIpc) is 2.85. The molecule has 2 rings (SSSR count). The molecule has 1 fully saturated rings. The van der Waals surface area contributed by atoms with Crippen LogP contribution >= 0.6 is 0 Å². The number of ether oxygens (including phenoxy) is 1. The fourth-order valence-corrected chi connectivity index (χ4v) is 2.24. The molecule has 1 saturated heterocycles. The van der Waals surface area contributed by atoms with Gasteiger partial charge in [0.25, 0.3) is 0 Å². The number of benzene rings is 1. The molecular weight excluding hydrogens is 216 g/mol. The van der Waals surface area contributed by atoms with Crippen molar-refractivity contribution in [1.29, 1.82) is 0 Å². The monoisotopic (exact) mass is 227 g/mol. The Morgan fingerprint density at radius 3 is 2.73 bits per heavy atom. The molecule has 1 atom stereocenters. The van der Waals surface area contributed by atoms with Gasteiger partial charge >= 0.3 is 0 Å². The molecule has 0 aliphatic carbocycles. The number of rotatable bonds is 3. The summed E-state index contributed by atoms with van der Waals surface area (Å²) in [5, 5.41) is 0. The normalized spacial score (nSPS) is 20.3. The second kappa shape index (κ2) is 3.59. The van der Waals surface area contributed by atoms with Crippen molar-refractivity contribution < 1.29 is 17.7 Å². The lowest BCUT2D eigenvalue weighted by Gasteiger charge is -2.12. The van der Waals surface area contributed by atoms with E-state index in [0.29, 0.717) is 18.6 Å². The molecule has 15 heavy (non-hydrogen) atoms. The molecule has 1 aromatic carbocycles. The maximum atomic E-state index is 11.0. The van der Waals surface area contributed by atoms with Crippen LogP contribution in [0.5, 0.6) is 0 Å². The van der Waals surface area contributed by atoms with Crippen molar-refractivity contribution in [3.8, 4) is 0 Å². The number of epoxide rings is 1. The molecule has 1 aliphatic rings. The first-order valence-electron chi connectivity index (χ1n) is 4.64. The van der Waals surface area contributed by atoms with E-state index in [-0.39, 0.29) is 11.0 Å². The lowest BCUT2D eigenvalue weighted by atomic mass is 10.1. The van der Waals surface area contributed by atoms with Gasteiger partial charge in [-0.15, -0.1) is 0 Å². The fraction of sp³-hybridized carbons (Fsp3) is 0.400. The Kier molecular flexibility index (Phi) is 2.54. The number of hydrogen-bond donors (Lipinski definition) is 0. The molecule has 0 bridgehead atoms. The zero-order valence-corrected chi connectivity index (χ0v) is 9.08. The van der Waals surface area contributed by atoms with Crippen LogP contribution in [0.2, 0.25) is 0 Å². The van der Waals surface area contributed by atoms with Gasteiger partial charge in [0.05, 0.1) is 17.6 Å². The summed E-state index contributed by atoms with van der Waals surface area (Å²) in [4.78, 5) is -0.122. The van der Waals surface area contributed by atoms with E-state index in [2.05, 4.69) is 0 Å². The second-order valence-corrected chi connectivity index (χ2v) is 5.07. The third-order valence-electron chi connectivity index (χ3n) is 2.34. The Bertz CT molecular complexity index is 474. The smallest absolute Gasteiger partial charge is 0.124 e. The number of aryl methyl sites for hydroxylation is 1. The van der Waals surface area contributed by atoms with Crippen LogP contribution in [0.4, 0.5) is 0 Å². The molecule has 1 aliphatic heterocycles. The van der Waals surface area contributed by atoms with Crippen LogP contribution in [-0.4, -0.2) is 25.7 Å². The average molecular weight is 227 g/mol. The van der Waals surface area contributed by atoms with E-state index in [1.807, 2.05) is 6.92 Å². The van der Waals surface area contributed by atoms with Gasteiger partial charge in [-0.1, -0.05) is 17.7 Å². The second-order valence-electron chi connectivity index (χ2n) is 3.72. The lowest BCUT2D eigenvalue weighted by Crippen LogP contribution is -2.06. The minimum atomic E-state index is -4.37. The highest BCUT2D eigenvalue weighted by molar-refractivity contribution is 7.85. The van der Waals surface area contributed by atoms with Gasteiger partial charge in [-0.05, 0) is 18.6 Å². The van der Waals surface area contributed by atoms with Crippen LogP contribution < -0.4 is 0 Å². The molecule has 0 radical (unpaired) electrons. The quantitative estimate of drug-likeness (QED) is 0.566. The standard InChI is InChI=1S/C10H12O4S/c1-7-2-3-10(15(11,12)13)8(4-7)5-9-6-14-9/h2-4,9H,5-6H2,1H3,(H,11,12,13)/p-1. The molecule has 5 heteroatoms. The molecule has 1 heterocycles. The van der Waals surface area contributed by atoms with Gasteiger partial charge in [0.2, 0.25) is 0 Å². The van der Waals surface area contributed by atoms with Crippen molar-refractivity contribution in [1.82, 2.24) is 0 Å². The van der Waals surface area contributed by atoms with E-state index in [1.165, 1.54) is 6.07 Å².